The lowest BCUT2D eigenvalue weighted by Crippen LogP contribution is -2.24. The maximum Gasteiger partial charge on any atom is 0.132 e. The van der Waals surface area contributed by atoms with E-state index in [4.69, 9.17) is 4.74 Å². The summed E-state index contributed by atoms with van der Waals surface area (Å²) >= 11 is 0. The summed E-state index contributed by atoms with van der Waals surface area (Å²) in [5, 5.41) is 0. The van der Waals surface area contributed by atoms with Crippen molar-refractivity contribution in [2.45, 2.75) is 45.3 Å². The maximum absolute atomic E-state index is 11.2. The van der Waals surface area contributed by atoms with Gasteiger partial charge in [0.1, 0.15) is 5.78 Å². The minimum atomic E-state index is 0.284. The fourth-order valence-electron chi connectivity index (χ4n) is 2.42. The Hall–Kier alpha value is -1.15. The van der Waals surface area contributed by atoms with Crippen LogP contribution in [0.25, 0.3) is 0 Å². The van der Waals surface area contributed by atoms with E-state index in [2.05, 4.69) is 12.1 Å². The van der Waals surface area contributed by atoms with Gasteiger partial charge in [-0.1, -0.05) is 30.3 Å². The fraction of sp³-hybridized carbons (Fsp3) is 0.533. The van der Waals surface area contributed by atoms with Crippen molar-refractivity contribution in [1.82, 2.24) is 0 Å². The highest BCUT2D eigenvalue weighted by molar-refractivity contribution is 5.78. The summed E-state index contributed by atoms with van der Waals surface area (Å²) in [6.07, 6.45) is 4.38. The molecule has 2 rings (SSSR count). The zero-order valence-electron chi connectivity index (χ0n) is 10.4. The van der Waals surface area contributed by atoms with Crippen LogP contribution in [-0.4, -0.2) is 11.9 Å². The Morgan fingerprint density at radius 2 is 1.82 bits per heavy atom. The summed E-state index contributed by atoms with van der Waals surface area (Å²) < 4.78 is 5.89. The fourth-order valence-corrected chi connectivity index (χ4v) is 2.42. The molecule has 1 aliphatic carbocycles. The quantitative estimate of drug-likeness (QED) is 0.795. The summed E-state index contributed by atoms with van der Waals surface area (Å²) in [5.41, 5.74) is 1.22. The van der Waals surface area contributed by atoms with Crippen LogP contribution in [0.15, 0.2) is 30.3 Å². The van der Waals surface area contributed by atoms with Crippen LogP contribution in [0.1, 0.15) is 38.2 Å². The Morgan fingerprint density at radius 3 is 2.41 bits per heavy atom. The average molecular weight is 232 g/mol. The van der Waals surface area contributed by atoms with Crippen molar-refractivity contribution in [1.29, 1.82) is 0 Å². The van der Waals surface area contributed by atoms with E-state index < -0.39 is 0 Å². The van der Waals surface area contributed by atoms with Gasteiger partial charge in [0.2, 0.25) is 0 Å². The molecule has 2 heteroatoms. The Kier molecular flexibility index (Phi) is 4.32. The largest absolute Gasteiger partial charge is 0.374 e. The number of ketones is 1. The molecule has 1 aromatic carbocycles. The predicted molar refractivity (Wildman–Crippen MR) is 67.7 cm³/mol. The highest BCUT2D eigenvalue weighted by Crippen LogP contribution is 2.27. The first-order valence-electron chi connectivity index (χ1n) is 6.41. The van der Waals surface area contributed by atoms with E-state index in [9.17, 15) is 4.79 Å². The number of benzene rings is 1. The number of carbonyl (C=O) groups excluding carboxylic acids is 1. The second-order valence-electron chi connectivity index (χ2n) is 4.88. The molecule has 0 bridgehead atoms. The molecule has 0 atom stereocenters. The number of hydrogen-bond donors (Lipinski definition) is 0. The molecule has 92 valence electrons. The monoisotopic (exact) mass is 232 g/mol. The van der Waals surface area contributed by atoms with E-state index in [1.54, 1.807) is 6.92 Å². The zero-order valence-corrected chi connectivity index (χ0v) is 10.4. The highest BCUT2D eigenvalue weighted by atomic mass is 16.5. The molecule has 0 saturated heterocycles. The second-order valence-corrected chi connectivity index (χ2v) is 4.88. The summed E-state index contributed by atoms with van der Waals surface area (Å²) in [4.78, 5) is 11.2. The normalized spacial score (nSPS) is 24.5. The summed E-state index contributed by atoms with van der Waals surface area (Å²) in [5.74, 6) is 0.623. The molecule has 0 aromatic heterocycles. The van der Waals surface area contributed by atoms with Crippen molar-refractivity contribution >= 4 is 5.78 Å². The first-order valence-corrected chi connectivity index (χ1v) is 6.41. The molecule has 17 heavy (non-hydrogen) atoms. The van der Waals surface area contributed by atoms with Gasteiger partial charge in [0.15, 0.2) is 0 Å². The molecule has 0 spiro atoms. The van der Waals surface area contributed by atoms with Crippen LogP contribution in [0.3, 0.4) is 0 Å². The Balaban J connectivity index is 1.74. The van der Waals surface area contributed by atoms with E-state index in [0.717, 1.165) is 25.7 Å². The van der Waals surface area contributed by atoms with Crippen molar-refractivity contribution in [3.05, 3.63) is 35.9 Å². The average Bonchev–Trinajstić information content (AvgIpc) is 2.38. The van der Waals surface area contributed by atoms with Gasteiger partial charge < -0.3 is 4.74 Å². The molecule has 1 fully saturated rings. The molecule has 0 radical (unpaired) electrons. The van der Waals surface area contributed by atoms with Crippen LogP contribution in [0.4, 0.5) is 0 Å². The number of carbonyl (C=O) groups is 1. The van der Waals surface area contributed by atoms with Gasteiger partial charge in [0.25, 0.3) is 0 Å². The van der Waals surface area contributed by atoms with E-state index in [0.29, 0.717) is 18.5 Å². The van der Waals surface area contributed by atoms with E-state index in [1.165, 1.54) is 5.56 Å². The van der Waals surface area contributed by atoms with Gasteiger partial charge in [-0.3, -0.25) is 4.79 Å². The van der Waals surface area contributed by atoms with Crippen molar-refractivity contribution in [2.75, 3.05) is 0 Å². The summed E-state index contributed by atoms with van der Waals surface area (Å²) in [6.45, 7) is 2.39. The van der Waals surface area contributed by atoms with Gasteiger partial charge in [-0.15, -0.1) is 0 Å². The molecule has 0 N–H and O–H groups in total. The Morgan fingerprint density at radius 1 is 1.18 bits per heavy atom. The zero-order chi connectivity index (χ0) is 12.1. The molecule has 0 aliphatic heterocycles. The third-order valence-corrected chi connectivity index (χ3v) is 3.58. The van der Waals surface area contributed by atoms with Crippen LogP contribution in [0.5, 0.6) is 0 Å². The van der Waals surface area contributed by atoms with Crippen molar-refractivity contribution in [3.8, 4) is 0 Å². The Labute approximate surface area is 103 Å². The molecule has 1 aromatic rings. The molecule has 0 heterocycles. The van der Waals surface area contributed by atoms with Gasteiger partial charge in [0, 0.05) is 5.92 Å². The highest BCUT2D eigenvalue weighted by Gasteiger charge is 2.24. The minimum absolute atomic E-state index is 0.284. The van der Waals surface area contributed by atoms with Crippen molar-refractivity contribution < 1.29 is 9.53 Å². The predicted octanol–water partition coefficient (Wildman–Crippen LogP) is 3.35. The molecule has 1 aliphatic rings. The smallest absolute Gasteiger partial charge is 0.132 e. The lowest BCUT2D eigenvalue weighted by molar-refractivity contribution is -0.122. The summed E-state index contributed by atoms with van der Waals surface area (Å²) in [6, 6.07) is 10.3. The lowest BCUT2D eigenvalue weighted by Gasteiger charge is -2.27. The third-order valence-electron chi connectivity index (χ3n) is 3.58. The SMILES string of the molecule is CC(=O)[C@H]1CC[C@@H](OCc2ccccc2)CC1. The molecular formula is C15H20O2. The molecule has 2 nitrogen and oxygen atoms in total. The van der Waals surface area contributed by atoms with Crippen LogP contribution < -0.4 is 0 Å². The van der Waals surface area contributed by atoms with Gasteiger partial charge in [-0.05, 0) is 38.2 Å². The van der Waals surface area contributed by atoms with Crippen LogP contribution in [0.2, 0.25) is 0 Å². The number of rotatable bonds is 4. The van der Waals surface area contributed by atoms with Gasteiger partial charge in [-0.25, -0.2) is 0 Å². The summed E-state index contributed by atoms with van der Waals surface area (Å²) in [7, 11) is 0. The minimum Gasteiger partial charge on any atom is -0.374 e. The lowest BCUT2D eigenvalue weighted by atomic mass is 9.85. The maximum atomic E-state index is 11.2. The number of Topliss-reactive ketones (excluding diaryl/α,β-unsaturated/α-hetero) is 1. The second kappa shape index (κ2) is 5.97. The van der Waals surface area contributed by atoms with Crippen molar-refractivity contribution in [3.63, 3.8) is 0 Å². The van der Waals surface area contributed by atoms with E-state index >= 15 is 0 Å². The van der Waals surface area contributed by atoms with Crippen LogP contribution in [-0.2, 0) is 16.1 Å². The van der Waals surface area contributed by atoms with Crippen molar-refractivity contribution in [2.24, 2.45) is 5.92 Å². The van der Waals surface area contributed by atoms with E-state index in [1.807, 2.05) is 18.2 Å². The number of hydrogen-bond acceptors (Lipinski definition) is 2. The Bertz CT molecular complexity index is 350. The molecule has 0 amide bonds. The first-order chi connectivity index (χ1) is 8.25. The molecule has 1 saturated carbocycles. The van der Waals surface area contributed by atoms with E-state index in [-0.39, 0.29) is 5.92 Å². The molecular weight excluding hydrogens is 212 g/mol. The standard InChI is InChI=1S/C15H20O2/c1-12(16)14-7-9-15(10-8-14)17-11-13-5-3-2-4-6-13/h2-6,14-15H,7-11H2,1H3/t14-,15+. The van der Waals surface area contributed by atoms with Crippen LogP contribution in [0, 0.1) is 5.92 Å². The third kappa shape index (κ3) is 3.67. The molecule has 0 unspecified atom stereocenters. The van der Waals surface area contributed by atoms with Crippen LogP contribution >= 0.6 is 0 Å². The van der Waals surface area contributed by atoms with Gasteiger partial charge in [0.05, 0.1) is 12.7 Å². The van der Waals surface area contributed by atoms with Gasteiger partial charge in [-0.2, -0.15) is 0 Å². The topological polar surface area (TPSA) is 26.3 Å². The number of ether oxygens (including phenoxy) is 1. The van der Waals surface area contributed by atoms with Gasteiger partial charge >= 0.3 is 0 Å². The first kappa shape index (κ1) is 12.3.